The van der Waals surface area contributed by atoms with Gasteiger partial charge in [-0.25, -0.2) is 4.39 Å². The topological polar surface area (TPSA) is 0 Å². The Morgan fingerprint density at radius 3 is 2.44 bits per heavy atom. The van der Waals surface area contributed by atoms with Gasteiger partial charge in [-0.05, 0) is 35.9 Å². The number of benzene rings is 2. The summed E-state index contributed by atoms with van der Waals surface area (Å²) in [6.45, 7) is 0. The van der Waals surface area contributed by atoms with E-state index in [0.29, 0.717) is 4.90 Å². The summed E-state index contributed by atoms with van der Waals surface area (Å²) in [5.41, 5.74) is 2.40. The van der Waals surface area contributed by atoms with Crippen LogP contribution in [0.1, 0.15) is 11.1 Å². The van der Waals surface area contributed by atoms with Crippen LogP contribution < -0.4 is 0 Å². The summed E-state index contributed by atoms with van der Waals surface area (Å²) in [7, 11) is 0. The Hall–Kier alpha value is -1.28. The van der Waals surface area contributed by atoms with Crippen molar-refractivity contribution in [2.24, 2.45) is 0 Å². The summed E-state index contributed by atoms with van der Waals surface area (Å²) in [5, 5.41) is 0. The maximum atomic E-state index is 13.3. The van der Waals surface area contributed by atoms with E-state index in [-0.39, 0.29) is 5.82 Å². The molecule has 0 saturated heterocycles. The number of hydrogen-bond acceptors (Lipinski definition) is 1. The fraction of sp³-hybridized carbons (Fsp3) is 0.143. The first-order valence-corrected chi connectivity index (χ1v) is 6.38. The van der Waals surface area contributed by atoms with Gasteiger partial charge in [0.2, 0.25) is 0 Å². The Morgan fingerprint density at radius 2 is 1.75 bits per heavy atom. The molecular formula is C14H13FS. The SMILES string of the molecule is CSc1cc(Cc2ccccc2)ccc1F. The van der Waals surface area contributed by atoms with Gasteiger partial charge in [-0.2, -0.15) is 0 Å². The molecule has 0 aliphatic heterocycles. The van der Waals surface area contributed by atoms with Crippen molar-refractivity contribution in [2.45, 2.75) is 11.3 Å². The van der Waals surface area contributed by atoms with E-state index in [4.69, 9.17) is 0 Å². The van der Waals surface area contributed by atoms with E-state index >= 15 is 0 Å². The second-order valence-corrected chi connectivity index (χ2v) is 4.48. The smallest absolute Gasteiger partial charge is 0.136 e. The second-order valence-electron chi connectivity index (χ2n) is 3.63. The van der Waals surface area contributed by atoms with Crippen LogP contribution in [0.3, 0.4) is 0 Å². The standard InChI is InChI=1S/C14H13FS/c1-16-14-10-12(7-8-13(14)15)9-11-5-3-2-4-6-11/h2-8,10H,9H2,1H3. The highest BCUT2D eigenvalue weighted by atomic mass is 32.2. The zero-order valence-corrected chi connectivity index (χ0v) is 9.93. The lowest BCUT2D eigenvalue weighted by atomic mass is 10.1. The molecular weight excluding hydrogens is 219 g/mol. The van der Waals surface area contributed by atoms with E-state index in [1.807, 2.05) is 36.6 Å². The fourth-order valence-electron chi connectivity index (χ4n) is 1.65. The van der Waals surface area contributed by atoms with E-state index in [1.165, 1.54) is 17.3 Å². The van der Waals surface area contributed by atoms with Crippen molar-refractivity contribution in [3.05, 3.63) is 65.5 Å². The Kier molecular flexibility index (Phi) is 3.62. The van der Waals surface area contributed by atoms with Crippen molar-refractivity contribution < 1.29 is 4.39 Å². The van der Waals surface area contributed by atoms with Gasteiger partial charge < -0.3 is 0 Å². The Bertz CT molecular complexity index is 465. The molecule has 0 aromatic heterocycles. The van der Waals surface area contributed by atoms with Gasteiger partial charge in [-0.15, -0.1) is 11.8 Å². The van der Waals surface area contributed by atoms with Gasteiger partial charge in [0.15, 0.2) is 0 Å². The Labute approximate surface area is 99.5 Å². The van der Waals surface area contributed by atoms with Gasteiger partial charge in [-0.1, -0.05) is 36.4 Å². The third-order valence-corrected chi connectivity index (χ3v) is 3.22. The number of thioether (sulfide) groups is 1. The average molecular weight is 232 g/mol. The molecule has 0 bridgehead atoms. The highest BCUT2D eigenvalue weighted by Gasteiger charge is 2.02. The molecule has 0 atom stereocenters. The average Bonchev–Trinajstić information content (AvgIpc) is 2.33. The molecule has 0 aliphatic rings. The minimum atomic E-state index is -0.135. The minimum Gasteiger partial charge on any atom is -0.206 e. The van der Waals surface area contributed by atoms with E-state index in [2.05, 4.69) is 12.1 Å². The molecule has 0 radical (unpaired) electrons. The van der Waals surface area contributed by atoms with Crippen molar-refractivity contribution in [1.82, 2.24) is 0 Å². The van der Waals surface area contributed by atoms with E-state index in [0.717, 1.165) is 12.0 Å². The van der Waals surface area contributed by atoms with Crippen LogP contribution in [0.2, 0.25) is 0 Å². The van der Waals surface area contributed by atoms with Gasteiger partial charge in [0.05, 0.1) is 0 Å². The molecule has 0 heterocycles. The van der Waals surface area contributed by atoms with Gasteiger partial charge in [0.1, 0.15) is 5.82 Å². The number of halogens is 1. The van der Waals surface area contributed by atoms with Crippen LogP contribution in [-0.4, -0.2) is 6.26 Å². The van der Waals surface area contributed by atoms with Crippen LogP contribution in [0.25, 0.3) is 0 Å². The fourth-order valence-corrected chi connectivity index (χ4v) is 2.18. The zero-order valence-electron chi connectivity index (χ0n) is 9.11. The third kappa shape index (κ3) is 2.64. The molecule has 0 nitrogen and oxygen atoms in total. The van der Waals surface area contributed by atoms with Crippen molar-refractivity contribution in [2.75, 3.05) is 6.26 Å². The second kappa shape index (κ2) is 5.17. The summed E-state index contributed by atoms with van der Waals surface area (Å²) < 4.78 is 13.3. The highest BCUT2D eigenvalue weighted by molar-refractivity contribution is 7.98. The van der Waals surface area contributed by atoms with Crippen LogP contribution in [0.4, 0.5) is 4.39 Å². The van der Waals surface area contributed by atoms with Crippen molar-refractivity contribution >= 4 is 11.8 Å². The molecule has 0 unspecified atom stereocenters. The predicted octanol–water partition coefficient (Wildman–Crippen LogP) is 4.14. The summed E-state index contributed by atoms with van der Waals surface area (Å²) in [6, 6.07) is 15.5. The van der Waals surface area contributed by atoms with Crippen LogP contribution in [0, 0.1) is 5.82 Å². The normalized spacial score (nSPS) is 10.4. The first-order chi connectivity index (χ1) is 7.79. The van der Waals surface area contributed by atoms with Gasteiger partial charge >= 0.3 is 0 Å². The number of rotatable bonds is 3. The molecule has 2 aromatic rings. The molecule has 0 fully saturated rings. The largest absolute Gasteiger partial charge is 0.206 e. The molecule has 2 heteroatoms. The first kappa shape index (κ1) is 11.2. The summed E-state index contributed by atoms with van der Waals surface area (Å²) in [5.74, 6) is -0.135. The molecule has 0 N–H and O–H groups in total. The molecule has 0 aliphatic carbocycles. The van der Waals surface area contributed by atoms with Crippen LogP contribution in [-0.2, 0) is 6.42 Å². The lowest BCUT2D eigenvalue weighted by Crippen LogP contribution is -1.90. The predicted molar refractivity (Wildman–Crippen MR) is 67.4 cm³/mol. The summed E-state index contributed by atoms with van der Waals surface area (Å²) >= 11 is 1.45. The highest BCUT2D eigenvalue weighted by Crippen LogP contribution is 2.21. The van der Waals surface area contributed by atoms with E-state index in [9.17, 15) is 4.39 Å². The summed E-state index contributed by atoms with van der Waals surface area (Å²) in [4.78, 5) is 0.716. The minimum absolute atomic E-state index is 0.135. The van der Waals surface area contributed by atoms with Crippen molar-refractivity contribution in [3.63, 3.8) is 0 Å². The van der Waals surface area contributed by atoms with E-state index < -0.39 is 0 Å². The third-order valence-electron chi connectivity index (χ3n) is 2.47. The maximum Gasteiger partial charge on any atom is 0.136 e. The molecule has 0 amide bonds. The number of hydrogen-bond donors (Lipinski definition) is 0. The quantitative estimate of drug-likeness (QED) is 0.717. The van der Waals surface area contributed by atoms with Gasteiger partial charge in [0, 0.05) is 4.90 Å². The van der Waals surface area contributed by atoms with Crippen molar-refractivity contribution in [1.29, 1.82) is 0 Å². The summed E-state index contributed by atoms with van der Waals surface area (Å²) in [6.07, 6.45) is 2.75. The Balaban J connectivity index is 2.22. The Morgan fingerprint density at radius 1 is 1.00 bits per heavy atom. The first-order valence-electron chi connectivity index (χ1n) is 5.16. The maximum absolute atomic E-state index is 13.3. The molecule has 2 rings (SSSR count). The van der Waals surface area contributed by atoms with Gasteiger partial charge in [-0.3, -0.25) is 0 Å². The molecule has 2 aromatic carbocycles. The monoisotopic (exact) mass is 232 g/mol. The van der Waals surface area contributed by atoms with Crippen LogP contribution in [0.5, 0.6) is 0 Å². The van der Waals surface area contributed by atoms with Gasteiger partial charge in [0.25, 0.3) is 0 Å². The van der Waals surface area contributed by atoms with Crippen molar-refractivity contribution in [3.8, 4) is 0 Å². The van der Waals surface area contributed by atoms with Crippen LogP contribution in [0.15, 0.2) is 53.4 Å². The zero-order chi connectivity index (χ0) is 11.4. The van der Waals surface area contributed by atoms with Crippen LogP contribution >= 0.6 is 11.8 Å². The van der Waals surface area contributed by atoms with E-state index in [1.54, 1.807) is 6.07 Å². The molecule has 0 spiro atoms. The lowest BCUT2D eigenvalue weighted by molar-refractivity contribution is 0.601. The molecule has 16 heavy (non-hydrogen) atoms. The molecule has 0 saturated carbocycles. The molecule has 82 valence electrons. The lowest BCUT2D eigenvalue weighted by Gasteiger charge is -2.05.